The first-order valence-electron chi connectivity index (χ1n) is 7.96. The van der Waals surface area contributed by atoms with Crippen molar-refractivity contribution in [3.63, 3.8) is 0 Å². The Bertz CT molecular complexity index is 510. The van der Waals surface area contributed by atoms with Gasteiger partial charge in [0, 0.05) is 26.6 Å². The number of methoxy groups -OCH3 is 1. The van der Waals surface area contributed by atoms with Crippen molar-refractivity contribution < 1.29 is 19.4 Å². The molecule has 23 heavy (non-hydrogen) atoms. The van der Waals surface area contributed by atoms with Crippen LogP contribution in [0.5, 0.6) is 0 Å². The summed E-state index contributed by atoms with van der Waals surface area (Å²) in [6, 6.07) is 7.32. The molecule has 0 aliphatic carbocycles. The number of benzene rings is 1. The molecule has 0 bridgehead atoms. The first-order chi connectivity index (χ1) is 10.8. The highest BCUT2D eigenvalue weighted by atomic mass is 16.5. The average Bonchev–Trinajstić information content (AvgIpc) is 2.51. The number of carbonyl (C=O) groups excluding carboxylic acids is 1. The van der Waals surface area contributed by atoms with Gasteiger partial charge in [0.1, 0.15) is 6.04 Å². The van der Waals surface area contributed by atoms with E-state index in [-0.39, 0.29) is 24.7 Å². The maximum Gasteiger partial charge on any atom is 0.326 e. The summed E-state index contributed by atoms with van der Waals surface area (Å²) in [6.45, 7) is 6.54. The zero-order valence-corrected chi connectivity index (χ0v) is 14.3. The predicted octanol–water partition coefficient (Wildman–Crippen LogP) is 2.91. The van der Waals surface area contributed by atoms with Crippen molar-refractivity contribution in [2.24, 2.45) is 0 Å². The van der Waals surface area contributed by atoms with Crippen molar-refractivity contribution in [3.05, 3.63) is 35.4 Å². The monoisotopic (exact) mass is 321 g/mol. The summed E-state index contributed by atoms with van der Waals surface area (Å²) in [6.07, 6.45) is 0.521. The Morgan fingerprint density at radius 3 is 2.17 bits per heavy atom. The first kappa shape index (κ1) is 19.2. The molecule has 0 aliphatic rings. The molecule has 1 aromatic carbocycles. The highest BCUT2D eigenvalue weighted by Gasteiger charge is 2.21. The second-order valence-electron chi connectivity index (χ2n) is 6.17. The molecule has 0 heterocycles. The van der Waals surface area contributed by atoms with Crippen LogP contribution in [0.25, 0.3) is 0 Å². The van der Waals surface area contributed by atoms with Gasteiger partial charge in [-0.3, -0.25) is 4.79 Å². The smallest absolute Gasteiger partial charge is 0.326 e. The van der Waals surface area contributed by atoms with E-state index in [0.29, 0.717) is 12.5 Å². The van der Waals surface area contributed by atoms with Gasteiger partial charge in [-0.15, -0.1) is 0 Å². The van der Waals surface area contributed by atoms with E-state index in [2.05, 4.69) is 31.3 Å². The van der Waals surface area contributed by atoms with Gasteiger partial charge in [0.15, 0.2) is 0 Å². The normalized spacial score (nSPS) is 13.6. The highest BCUT2D eigenvalue weighted by molar-refractivity contribution is 5.83. The van der Waals surface area contributed by atoms with Crippen LogP contribution in [0.1, 0.15) is 56.6 Å². The predicted molar refractivity (Wildman–Crippen MR) is 89.6 cm³/mol. The zero-order valence-electron chi connectivity index (χ0n) is 14.3. The topological polar surface area (TPSA) is 75.6 Å². The van der Waals surface area contributed by atoms with Gasteiger partial charge in [-0.2, -0.15) is 0 Å². The molecule has 1 aromatic rings. The van der Waals surface area contributed by atoms with Gasteiger partial charge in [-0.05, 0) is 23.0 Å². The highest BCUT2D eigenvalue weighted by Crippen LogP contribution is 2.22. The Morgan fingerprint density at radius 2 is 1.70 bits per heavy atom. The lowest BCUT2D eigenvalue weighted by molar-refractivity contribution is -0.142. The summed E-state index contributed by atoms with van der Waals surface area (Å²) in [5.74, 6) is -0.786. The van der Waals surface area contributed by atoms with Crippen molar-refractivity contribution in [2.45, 2.75) is 51.5 Å². The summed E-state index contributed by atoms with van der Waals surface area (Å²) in [4.78, 5) is 23.2. The number of rotatable bonds is 9. The third kappa shape index (κ3) is 6.40. The van der Waals surface area contributed by atoms with Crippen LogP contribution in [0, 0.1) is 0 Å². The lowest BCUT2D eigenvalue weighted by Crippen LogP contribution is -2.41. The van der Waals surface area contributed by atoms with Crippen LogP contribution in [0.3, 0.4) is 0 Å². The number of carboxylic acid groups (broad SMARTS) is 1. The SMILES string of the molecule is COCCC(NC(=O)CC(C)c1ccc(C(C)C)cc1)C(=O)O. The van der Waals surface area contributed by atoms with Crippen LogP contribution in [0.4, 0.5) is 0 Å². The Morgan fingerprint density at radius 1 is 1.13 bits per heavy atom. The quantitative estimate of drug-likeness (QED) is 0.733. The number of hydrogen-bond donors (Lipinski definition) is 2. The maximum atomic E-state index is 12.1. The number of amides is 1. The average molecular weight is 321 g/mol. The molecule has 2 atom stereocenters. The van der Waals surface area contributed by atoms with Crippen LogP contribution < -0.4 is 5.32 Å². The molecule has 0 saturated carbocycles. The molecule has 0 spiro atoms. The Kier molecular flexibility index (Phi) is 7.75. The van der Waals surface area contributed by atoms with E-state index in [9.17, 15) is 9.59 Å². The third-order valence-electron chi connectivity index (χ3n) is 3.91. The van der Waals surface area contributed by atoms with E-state index in [4.69, 9.17) is 9.84 Å². The van der Waals surface area contributed by atoms with E-state index in [1.807, 2.05) is 19.1 Å². The number of carboxylic acids is 1. The van der Waals surface area contributed by atoms with E-state index < -0.39 is 12.0 Å². The minimum atomic E-state index is -1.04. The van der Waals surface area contributed by atoms with Crippen molar-refractivity contribution in [1.82, 2.24) is 5.32 Å². The second kappa shape index (κ2) is 9.30. The summed E-state index contributed by atoms with van der Waals surface area (Å²) in [7, 11) is 1.50. The fraction of sp³-hybridized carbons (Fsp3) is 0.556. The van der Waals surface area contributed by atoms with Crippen molar-refractivity contribution >= 4 is 11.9 Å². The van der Waals surface area contributed by atoms with Crippen LogP contribution in [0.2, 0.25) is 0 Å². The molecule has 0 aliphatic heterocycles. The molecule has 0 saturated heterocycles. The lowest BCUT2D eigenvalue weighted by atomic mass is 9.94. The third-order valence-corrected chi connectivity index (χ3v) is 3.91. The molecular formula is C18H27NO4. The minimum Gasteiger partial charge on any atom is -0.480 e. The number of nitrogens with one attached hydrogen (secondary N) is 1. The Labute approximate surface area is 138 Å². The summed E-state index contributed by atoms with van der Waals surface area (Å²) in [5, 5.41) is 11.7. The fourth-order valence-corrected chi connectivity index (χ4v) is 2.35. The minimum absolute atomic E-state index is 0.0353. The molecule has 0 fully saturated rings. The molecule has 0 radical (unpaired) electrons. The number of aliphatic carboxylic acids is 1. The van der Waals surface area contributed by atoms with Gasteiger partial charge in [-0.1, -0.05) is 45.0 Å². The summed E-state index contributed by atoms with van der Waals surface area (Å²) < 4.78 is 4.87. The van der Waals surface area contributed by atoms with Crippen molar-refractivity contribution in [2.75, 3.05) is 13.7 Å². The Hall–Kier alpha value is -1.88. The van der Waals surface area contributed by atoms with Crippen LogP contribution >= 0.6 is 0 Å². The van der Waals surface area contributed by atoms with E-state index >= 15 is 0 Å². The number of hydrogen-bond acceptors (Lipinski definition) is 3. The van der Waals surface area contributed by atoms with E-state index in [0.717, 1.165) is 5.56 Å². The standard InChI is InChI=1S/C18H27NO4/c1-12(2)14-5-7-15(8-6-14)13(3)11-17(20)19-16(18(21)22)9-10-23-4/h5-8,12-13,16H,9-11H2,1-4H3,(H,19,20)(H,21,22). The maximum absolute atomic E-state index is 12.1. The van der Waals surface area contributed by atoms with Gasteiger partial charge < -0.3 is 15.2 Å². The van der Waals surface area contributed by atoms with Crippen LogP contribution in [-0.4, -0.2) is 36.7 Å². The molecule has 5 heteroatoms. The Balaban J connectivity index is 2.59. The molecule has 2 unspecified atom stereocenters. The largest absolute Gasteiger partial charge is 0.480 e. The van der Waals surface area contributed by atoms with E-state index in [1.165, 1.54) is 12.7 Å². The lowest BCUT2D eigenvalue weighted by Gasteiger charge is -2.17. The number of ether oxygens (including phenoxy) is 1. The second-order valence-corrected chi connectivity index (χ2v) is 6.17. The van der Waals surface area contributed by atoms with Crippen molar-refractivity contribution in [1.29, 1.82) is 0 Å². The van der Waals surface area contributed by atoms with E-state index in [1.54, 1.807) is 0 Å². The van der Waals surface area contributed by atoms with Gasteiger partial charge in [-0.25, -0.2) is 4.79 Å². The molecule has 1 amide bonds. The van der Waals surface area contributed by atoms with Crippen molar-refractivity contribution in [3.8, 4) is 0 Å². The molecule has 128 valence electrons. The van der Waals surface area contributed by atoms with Gasteiger partial charge in [0.25, 0.3) is 0 Å². The fourth-order valence-electron chi connectivity index (χ4n) is 2.35. The summed E-state index contributed by atoms with van der Waals surface area (Å²) >= 11 is 0. The van der Waals surface area contributed by atoms with Crippen LogP contribution in [-0.2, 0) is 14.3 Å². The first-order valence-corrected chi connectivity index (χ1v) is 7.96. The molecular weight excluding hydrogens is 294 g/mol. The van der Waals surface area contributed by atoms with Gasteiger partial charge >= 0.3 is 5.97 Å². The summed E-state index contributed by atoms with van der Waals surface area (Å²) in [5.41, 5.74) is 2.34. The van der Waals surface area contributed by atoms with Gasteiger partial charge in [0.2, 0.25) is 5.91 Å². The molecule has 5 nitrogen and oxygen atoms in total. The molecule has 0 aromatic heterocycles. The van der Waals surface area contributed by atoms with Crippen LogP contribution in [0.15, 0.2) is 24.3 Å². The molecule has 2 N–H and O–H groups in total. The molecule has 1 rings (SSSR count). The number of carbonyl (C=O) groups is 2. The van der Waals surface area contributed by atoms with Gasteiger partial charge in [0.05, 0.1) is 0 Å². The zero-order chi connectivity index (χ0) is 17.4.